The van der Waals surface area contributed by atoms with E-state index in [0.29, 0.717) is 6.61 Å². The van der Waals surface area contributed by atoms with E-state index in [2.05, 4.69) is 27.7 Å². The van der Waals surface area contributed by atoms with Gasteiger partial charge in [0, 0.05) is 0 Å². The summed E-state index contributed by atoms with van der Waals surface area (Å²) in [5.74, 6) is 0. The van der Waals surface area contributed by atoms with Crippen molar-refractivity contribution in [1.29, 1.82) is 0 Å². The van der Waals surface area contributed by atoms with Crippen LogP contribution in [0.3, 0.4) is 0 Å². The molecule has 0 aromatic carbocycles. The van der Waals surface area contributed by atoms with Gasteiger partial charge in [-0.25, -0.2) is 0 Å². The van der Waals surface area contributed by atoms with Crippen LogP contribution in [0.1, 0.15) is 118 Å². The molecule has 0 aliphatic heterocycles. The molecule has 1 unspecified atom stereocenters. The molecule has 0 bridgehead atoms. The van der Waals surface area contributed by atoms with Crippen molar-refractivity contribution in [1.82, 2.24) is 0 Å². The number of phosphoric acid groups is 1. The molecule has 0 spiro atoms. The van der Waals surface area contributed by atoms with Crippen LogP contribution in [0, 0.1) is 0 Å². The molecule has 0 aliphatic carbocycles. The van der Waals surface area contributed by atoms with Gasteiger partial charge in [-0.05, 0) is 0 Å². The third kappa shape index (κ3) is 17.3. The summed E-state index contributed by atoms with van der Waals surface area (Å²) in [6.45, 7) is 9.55. The number of hydrogen-bond donors (Lipinski definition) is 0. The van der Waals surface area contributed by atoms with Crippen LogP contribution in [-0.4, -0.2) is 26.8 Å². The molecule has 30 heavy (non-hydrogen) atoms. The van der Waals surface area contributed by atoms with Crippen molar-refractivity contribution in [3.05, 3.63) is 0 Å². The van der Waals surface area contributed by atoms with E-state index in [-0.39, 0.29) is 6.61 Å². The maximum atomic E-state index is 11.9. The summed E-state index contributed by atoms with van der Waals surface area (Å²) in [5.41, 5.74) is 0. The number of rotatable bonds is 23. The minimum atomic E-state index is -4.12. The van der Waals surface area contributed by atoms with Crippen LogP contribution in [0.25, 0.3) is 0 Å². The first kappa shape index (κ1) is 30.7. The number of unbranched alkanes of at least 4 members (excludes halogenated alkanes) is 13. The first-order chi connectivity index (χ1) is 14.4. The molecule has 0 aliphatic rings. The predicted molar refractivity (Wildman–Crippen MR) is 132 cm³/mol. The van der Waals surface area contributed by atoms with E-state index < -0.39 is 21.4 Å². The van der Waals surface area contributed by atoms with Crippen LogP contribution in [0.2, 0.25) is 20.8 Å². The molecule has 4 nitrogen and oxygen atoms in total. The van der Waals surface area contributed by atoms with Crippen molar-refractivity contribution in [2.45, 2.75) is 138 Å². The molecular formula is C24H52AsO4P-. The number of hydrogen-bond acceptors (Lipinski definition) is 4. The Hall–Kier alpha value is 0.668. The Morgan fingerprint density at radius 3 is 1.37 bits per heavy atom. The van der Waals surface area contributed by atoms with E-state index in [1.807, 2.05) is 0 Å². The van der Waals surface area contributed by atoms with Gasteiger partial charge in [-0.2, -0.15) is 0 Å². The van der Waals surface area contributed by atoms with Gasteiger partial charge in [-0.3, -0.25) is 0 Å². The van der Waals surface area contributed by atoms with E-state index in [1.54, 1.807) is 0 Å². The molecule has 183 valence electrons. The zero-order chi connectivity index (χ0) is 22.6. The van der Waals surface area contributed by atoms with E-state index in [4.69, 9.17) is 9.05 Å². The van der Waals surface area contributed by atoms with Gasteiger partial charge in [0.1, 0.15) is 0 Å². The van der Waals surface area contributed by atoms with Crippen molar-refractivity contribution < 1.29 is 18.5 Å². The van der Waals surface area contributed by atoms with Crippen molar-refractivity contribution in [3.8, 4) is 0 Å². The van der Waals surface area contributed by atoms with Crippen molar-refractivity contribution in [2.75, 3.05) is 13.2 Å². The Morgan fingerprint density at radius 2 is 0.967 bits per heavy atom. The SMILES string of the molecule is CCCCCCCCCCCCCCCCOP(=O)([O-])OCC[As](CC)(CC)CC. The summed E-state index contributed by atoms with van der Waals surface area (Å²) in [6, 6.07) is 0. The summed E-state index contributed by atoms with van der Waals surface area (Å²) >= 11 is -1.69. The number of phosphoric ester groups is 1. The van der Waals surface area contributed by atoms with Crippen LogP contribution in [-0.2, 0) is 13.6 Å². The van der Waals surface area contributed by atoms with Crippen LogP contribution in [0.5, 0.6) is 0 Å². The van der Waals surface area contributed by atoms with Crippen molar-refractivity contribution in [3.63, 3.8) is 0 Å². The molecule has 0 saturated carbocycles. The third-order valence-electron chi connectivity index (χ3n) is 6.57. The summed E-state index contributed by atoms with van der Waals surface area (Å²) < 4.78 is 22.1. The second kappa shape index (κ2) is 20.3. The summed E-state index contributed by atoms with van der Waals surface area (Å²) in [4.78, 5) is 11.9. The standard InChI is InChI=1S/C24H53AsO4P/c1-5-9-10-11-12-13-14-15-16-17-18-19-20-21-23-28-30(26,27)29-24-22-25(6-2,7-3)8-4/h5-24H2,1-4H3,(H,26,27)/p-1. The van der Waals surface area contributed by atoms with Crippen LogP contribution >= 0.6 is 7.82 Å². The molecular weight excluding hydrogens is 458 g/mol. The molecule has 1 radical (unpaired) electrons. The van der Waals surface area contributed by atoms with E-state index in [9.17, 15) is 9.46 Å². The second-order valence-electron chi connectivity index (χ2n) is 8.72. The van der Waals surface area contributed by atoms with Gasteiger partial charge in [0.2, 0.25) is 0 Å². The minimum absolute atomic E-state index is 0.263. The monoisotopic (exact) mass is 510 g/mol. The van der Waals surface area contributed by atoms with Gasteiger partial charge < -0.3 is 0 Å². The van der Waals surface area contributed by atoms with E-state index >= 15 is 0 Å². The summed E-state index contributed by atoms with van der Waals surface area (Å²) in [5, 5.41) is 4.60. The third-order valence-corrected chi connectivity index (χ3v) is 18.4. The van der Waals surface area contributed by atoms with E-state index in [0.717, 1.165) is 18.1 Å². The predicted octanol–water partition coefficient (Wildman–Crippen LogP) is 8.48. The molecule has 0 rings (SSSR count). The fraction of sp³-hybridized carbons (Fsp3) is 1.00. The molecule has 0 aromatic rings. The Morgan fingerprint density at radius 1 is 0.600 bits per heavy atom. The summed E-state index contributed by atoms with van der Waals surface area (Å²) in [7, 11) is -4.12. The van der Waals surface area contributed by atoms with Gasteiger partial charge in [-0.15, -0.1) is 0 Å². The van der Waals surface area contributed by atoms with Crippen molar-refractivity contribution in [2.24, 2.45) is 0 Å². The zero-order valence-corrected chi connectivity index (χ0v) is 23.4. The van der Waals surface area contributed by atoms with Crippen LogP contribution in [0.15, 0.2) is 0 Å². The van der Waals surface area contributed by atoms with Gasteiger partial charge >= 0.3 is 133 Å². The first-order valence-electron chi connectivity index (χ1n) is 12.9. The molecule has 6 heteroatoms. The maximum absolute atomic E-state index is 11.9. The van der Waals surface area contributed by atoms with Gasteiger partial charge in [-0.1, -0.05) is 58.3 Å². The van der Waals surface area contributed by atoms with Crippen LogP contribution in [0.4, 0.5) is 0 Å². The van der Waals surface area contributed by atoms with Gasteiger partial charge in [0.15, 0.2) is 0 Å². The fourth-order valence-corrected chi connectivity index (χ4v) is 10.9. The molecule has 0 fully saturated rings. The zero-order valence-electron chi connectivity index (χ0n) is 20.7. The topological polar surface area (TPSA) is 58.6 Å². The van der Waals surface area contributed by atoms with Crippen molar-refractivity contribution >= 4 is 21.4 Å². The second-order valence-corrected chi connectivity index (χ2v) is 20.7. The normalized spacial score (nSPS) is 14.2. The van der Waals surface area contributed by atoms with Gasteiger partial charge in [0.05, 0.1) is 0 Å². The fourth-order valence-electron chi connectivity index (χ4n) is 4.00. The Labute approximate surface area is 191 Å². The average molecular weight is 511 g/mol. The molecule has 0 saturated heterocycles. The Kier molecular flexibility index (Phi) is 20.7. The molecule has 0 amide bonds. The molecule has 1 atom stereocenters. The first-order valence-corrected chi connectivity index (χ1v) is 19.7. The summed E-state index contributed by atoms with van der Waals surface area (Å²) in [6.07, 6.45) is 18.0. The quantitative estimate of drug-likeness (QED) is 0.0786. The average Bonchev–Trinajstić information content (AvgIpc) is 2.74. The molecule has 0 heterocycles. The van der Waals surface area contributed by atoms with Gasteiger partial charge in [0.25, 0.3) is 0 Å². The molecule has 0 aromatic heterocycles. The van der Waals surface area contributed by atoms with E-state index in [1.165, 1.54) is 92.7 Å². The van der Waals surface area contributed by atoms with Crippen LogP contribution < -0.4 is 4.89 Å². The Bertz CT molecular complexity index is 408. The Balaban J connectivity index is 3.51. The molecule has 0 N–H and O–H groups in total.